The fraction of sp³-hybridized carbons (Fsp3) is 0. The predicted octanol–water partition coefficient (Wildman–Crippen LogP) is 11.8. The highest BCUT2D eigenvalue weighted by Crippen LogP contribution is 2.38. The molecule has 3 heteroatoms. The zero-order valence-corrected chi connectivity index (χ0v) is 26.1. The third kappa shape index (κ3) is 4.11. The average Bonchev–Trinajstić information content (AvgIpc) is 3.67. The number of hydrogen-bond acceptors (Lipinski definition) is 1. The van der Waals surface area contributed by atoms with Crippen molar-refractivity contribution in [2.75, 3.05) is 0 Å². The molecule has 0 saturated heterocycles. The molecule has 3 nitrogen and oxygen atoms in total. The van der Waals surface area contributed by atoms with Gasteiger partial charge in [-0.2, -0.15) is 0 Å². The lowest BCUT2D eigenvalue weighted by Crippen LogP contribution is -1.95. The molecule has 0 aliphatic rings. The van der Waals surface area contributed by atoms with Crippen LogP contribution in [0.25, 0.3) is 88.3 Å². The van der Waals surface area contributed by atoms with E-state index in [4.69, 9.17) is 4.98 Å². The van der Waals surface area contributed by atoms with Crippen LogP contribution in [0.1, 0.15) is 0 Å². The summed E-state index contributed by atoms with van der Waals surface area (Å²) in [6, 6.07) is 63.2. The third-order valence-electron chi connectivity index (χ3n) is 9.69. The van der Waals surface area contributed by atoms with E-state index in [9.17, 15) is 0 Å². The average molecular weight is 612 g/mol. The fourth-order valence-electron chi connectivity index (χ4n) is 7.47. The number of hydrogen-bond donors (Lipinski definition) is 0. The summed E-state index contributed by atoms with van der Waals surface area (Å²) in [4.78, 5) is 4.99. The van der Waals surface area contributed by atoms with Gasteiger partial charge in [-0.25, -0.2) is 4.98 Å². The van der Waals surface area contributed by atoms with Gasteiger partial charge in [0.05, 0.1) is 33.3 Å². The molecule has 7 aromatic carbocycles. The van der Waals surface area contributed by atoms with Crippen molar-refractivity contribution >= 4 is 54.5 Å². The molecule has 48 heavy (non-hydrogen) atoms. The molecule has 224 valence electrons. The van der Waals surface area contributed by atoms with Crippen molar-refractivity contribution in [3.05, 3.63) is 176 Å². The van der Waals surface area contributed by atoms with Crippen molar-refractivity contribution in [3.63, 3.8) is 0 Å². The number of fused-ring (bicyclic) bond motifs is 7. The molecule has 10 aromatic rings. The summed E-state index contributed by atoms with van der Waals surface area (Å²) in [6.45, 7) is 0. The van der Waals surface area contributed by atoms with Crippen LogP contribution < -0.4 is 0 Å². The summed E-state index contributed by atoms with van der Waals surface area (Å²) in [5.74, 6) is 0. The Bertz CT molecular complexity index is 2840. The molecule has 3 aromatic heterocycles. The van der Waals surface area contributed by atoms with Crippen LogP contribution >= 0.6 is 0 Å². The molecule has 0 N–H and O–H groups in total. The first-order chi connectivity index (χ1) is 23.8. The molecule has 0 unspecified atom stereocenters. The Morgan fingerprint density at radius 3 is 1.60 bits per heavy atom. The van der Waals surface area contributed by atoms with E-state index in [1.165, 1.54) is 60.4 Å². The van der Waals surface area contributed by atoms with Crippen molar-refractivity contribution in [2.45, 2.75) is 0 Å². The molecule has 0 bridgehead atoms. The van der Waals surface area contributed by atoms with Gasteiger partial charge in [0.1, 0.15) is 0 Å². The molecular formula is C45H29N3. The van der Waals surface area contributed by atoms with Crippen LogP contribution in [0.2, 0.25) is 0 Å². The van der Waals surface area contributed by atoms with Gasteiger partial charge >= 0.3 is 0 Å². The SMILES string of the molecule is c1ccc(-n2c3ccccc3c3cc(-c4ccc5c(c4)c4ccccc4n5-c4cccc(-c5ccc6ccccc6n5)c4)ccc32)cc1. The van der Waals surface area contributed by atoms with E-state index in [2.05, 4.69) is 179 Å². The Kier molecular flexibility index (Phi) is 5.87. The molecule has 0 aliphatic carbocycles. The summed E-state index contributed by atoms with van der Waals surface area (Å²) < 4.78 is 4.75. The predicted molar refractivity (Wildman–Crippen MR) is 201 cm³/mol. The second-order valence-corrected chi connectivity index (χ2v) is 12.4. The van der Waals surface area contributed by atoms with Crippen molar-refractivity contribution in [1.29, 1.82) is 0 Å². The Morgan fingerprint density at radius 2 is 0.896 bits per heavy atom. The van der Waals surface area contributed by atoms with Gasteiger partial charge in [-0.15, -0.1) is 0 Å². The minimum atomic E-state index is 0.975. The first-order valence-corrected chi connectivity index (χ1v) is 16.4. The number of nitrogens with zero attached hydrogens (tertiary/aromatic N) is 3. The van der Waals surface area contributed by atoms with Gasteiger partial charge < -0.3 is 9.13 Å². The topological polar surface area (TPSA) is 22.8 Å². The third-order valence-corrected chi connectivity index (χ3v) is 9.69. The quantitative estimate of drug-likeness (QED) is 0.194. The van der Waals surface area contributed by atoms with E-state index in [0.29, 0.717) is 0 Å². The first-order valence-electron chi connectivity index (χ1n) is 16.4. The highest BCUT2D eigenvalue weighted by Gasteiger charge is 2.16. The Labute approximate surface area is 277 Å². The van der Waals surface area contributed by atoms with Gasteiger partial charge in [-0.1, -0.05) is 103 Å². The smallest absolute Gasteiger partial charge is 0.0710 e. The van der Waals surface area contributed by atoms with E-state index in [1.807, 2.05) is 6.07 Å². The van der Waals surface area contributed by atoms with E-state index in [1.54, 1.807) is 0 Å². The molecule has 0 atom stereocenters. The molecule has 0 fully saturated rings. The lowest BCUT2D eigenvalue weighted by Gasteiger charge is -2.11. The van der Waals surface area contributed by atoms with Crippen molar-refractivity contribution < 1.29 is 0 Å². The second kappa shape index (κ2) is 10.5. The second-order valence-electron chi connectivity index (χ2n) is 12.4. The first kappa shape index (κ1) is 26.7. The van der Waals surface area contributed by atoms with Gasteiger partial charge in [0, 0.05) is 43.9 Å². The molecule has 0 radical (unpaired) electrons. The van der Waals surface area contributed by atoms with Crippen LogP contribution in [0.5, 0.6) is 0 Å². The van der Waals surface area contributed by atoms with Crippen LogP contribution in [0.4, 0.5) is 0 Å². The standard InChI is InChI=1S/C45H29N3/c1-2-13-34(14-3-1)47-42-19-8-5-16-36(42)38-28-31(22-25-44(38)47)32-23-26-45-39(29-32)37-17-6-9-20-43(37)48(45)35-15-10-12-33(27-35)41-24-21-30-11-4-7-18-40(30)46-41/h1-29H. The van der Waals surface area contributed by atoms with Crippen molar-refractivity contribution in [2.24, 2.45) is 0 Å². The van der Waals surface area contributed by atoms with Crippen molar-refractivity contribution in [3.8, 4) is 33.8 Å². The zero-order chi connectivity index (χ0) is 31.6. The van der Waals surface area contributed by atoms with E-state index < -0.39 is 0 Å². The maximum absolute atomic E-state index is 4.99. The van der Waals surface area contributed by atoms with Gasteiger partial charge in [0.15, 0.2) is 0 Å². The lowest BCUT2D eigenvalue weighted by atomic mass is 10.0. The van der Waals surface area contributed by atoms with Gasteiger partial charge in [0.2, 0.25) is 0 Å². The zero-order valence-electron chi connectivity index (χ0n) is 26.1. The highest BCUT2D eigenvalue weighted by molar-refractivity contribution is 6.12. The van der Waals surface area contributed by atoms with E-state index in [-0.39, 0.29) is 0 Å². The molecular weight excluding hydrogens is 583 g/mol. The van der Waals surface area contributed by atoms with Crippen LogP contribution in [0.15, 0.2) is 176 Å². The maximum atomic E-state index is 4.99. The Morgan fingerprint density at radius 1 is 0.333 bits per heavy atom. The van der Waals surface area contributed by atoms with Crippen LogP contribution in [-0.2, 0) is 0 Å². The summed E-state index contributed by atoms with van der Waals surface area (Å²) in [6.07, 6.45) is 0. The number of pyridine rings is 1. The van der Waals surface area contributed by atoms with Gasteiger partial charge in [0.25, 0.3) is 0 Å². The molecule has 0 saturated carbocycles. The molecule has 10 rings (SSSR count). The van der Waals surface area contributed by atoms with Gasteiger partial charge in [-0.3, -0.25) is 0 Å². The summed E-state index contributed by atoms with van der Waals surface area (Å²) in [5, 5.41) is 6.15. The normalized spacial score (nSPS) is 11.8. The molecule has 3 heterocycles. The highest BCUT2D eigenvalue weighted by atomic mass is 15.0. The molecule has 0 amide bonds. The monoisotopic (exact) mass is 611 g/mol. The van der Waals surface area contributed by atoms with Crippen LogP contribution in [-0.4, -0.2) is 14.1 Å². The largest absolute Gasteiger partial charge is 0.309 e. The number of benzene rings is 7. The fourth-order valence-corrected chi connectivity index (χ4v) is 7.47. The summed E-state index contributed by atoms with van der Waals surface area (Å²) in [7, 11) is 0. The van der Waals surface area contributed by atoms with E-state index >= 15 is 0 Å². The maximum Gasteiger partial charge on any atom is 0.0710 e. The summed E-state index contributed by atoms with van der Waals surface area (Å²) in [5.41, 5.74) is 12.6. The molecule has 0 aliphatic heterocycles. The van der Waals surface area contributed by atoms with Crippen molar-refractivity contribution in [1.82, 2.24) is 14.1 Å². The Hall–Kier alpha value is -6.45. The minimum Gasteiger partial charge on any atom is -0.309 e. The number of para-hydroxylation sites is 4. The number of rotatable bonds is 4. The molecule has 0 spiro atoms. The van der Waals surface area contributed by atoms with E-state index in [0.717, 1.165) is 27.8 Å². The lowest BCUT2D eigenvalue weighted by molar-refractivity contribution is 1.18. The Balaban J connectivity index is 1.13. The van der Waals surface area contributed by atoms with Crippen LogP contribution in [0, 0.1) is 0 Å². The van der Waals surface area contributed by atoms with Gasteiger partial charge in [-0.05, 0) is 83.9 Å². The van der Waals surface area contributed by atoms with Crippen LogP contribution in [0.3, 0.4) is 0 Å². The number of aromatic nitrogens is 3. The summed E-state index contributed by atoms with van der Waals surface area (Å²) >= 11 is 0. The minimum absolute atomic E-state index is 0.975.